The first-order chi connectivity index (χ1) is 18.6. The van der Waals surface area contributed by atoms with Gasteiger partial charge in [0.1, 0.15) is 29.4 Å². The molecule has 0 aliphatic carbocycles. The Hall–Kier alpha value is -4.63. The van der Waals surface area contributed by atoms with Gasteiger partial charge in [0, 0.05) is 11.9 Å². The van der Waals surface area contributed by atoms with Crippen LogP contribution in [0.5, 0.6) is 0 Å². The third-order valence-electron chi connectivity index (χ3n) is 5.69. The van der Waals surface area contributed by atoms with Crippen LogP contribution < -0.4 is 26.7 Å². The average Bonchev–Trinajstić information content (AvgIpc) is 3.35. The summed E-state index contributed by atoms with van der Waals surface area (Å²) in [7, 11) is -3.90. The van der Waals surface area contributed by atoms with Gasteiger partial charge in [0.05, 0.1) is 33.6 Å². The first kappa shape index (κ1) is 27.4. The minimum absolute atomic E-state index is 0.137. The average molecular weight is 558 g/mol. The number of hydrazone groups is 1. The standard InChI is InChI=1S/C24H25F2N9O3S/c1-3-9-39(37,38)34-18-8-7-17(25)20(21(18)26)22(36)16-11-29-23-19(16)24(31-12-30-23)32-14-5-4-6-15(10-14)35(28)13(2)33-27/h4-8,10-12,34H,3,9,27-28H2,1-2H3,(H2,29,30,31,32)/b33-13-. The summed E-state index contributed by atoms with van der Waals surface area (Å²) in [6.45, 7) is 3.26. The highest BCUT2D eigenvalue weighted by Crippen LogP contribution is 2.31. The molecule has 4 rings (SSSR count). The van der Waals surface area contributed by atoms with Gasteiger partial charge >= 0.3 is 0 Å². The number of aromatic amines is 1. The molecular weight excluding hydrogens is 532 g/mol. The molecule has 4 aromatic rings. The van der Waals surface area contributed by atoms with E-state index >= 15 is 4.39 Å². The van der Waals surface area contributed by atoms with Gasteiger partial charge in [-0.05, 0) is 43.7 Å². The summed E-state index contributed by atoms with van der Waals surface area (Å²) in [6.07, 6.45) is 2.77. The summed E-state index contributed by atoms with van der Waals surface area (Å²) < 4.78 is 56.5. The van der Waals surface area contributed by atoms with Crippen molar-refractivity contribution in [1.82, 2.24) is 15.0 Å². The summed E-state index contributed by atoms with van der Waals surface area (Å²) in [5.41, 5.74) is -0.339. The van der Waals surface area contributed by atoms with Gasteiger partial charge in [-0.25, -0.2) is 33.0 Å². The number of carbonyl (C=O) groups is 1. The number of halogens is 2. The molecule has 7 N–H and O–H groups in total. The molecule has 39 heavy (non-hydrogen) atoms. The number of sulfonamides is 1. The largest absolute Gasteiger partial charge is 0.345 e. The number of hydrogen-bond acceptors (Lipinski definition) is 9. The first-order valence-electron chi connectivity index (χ1n) is 11.6. The fourth-order valence-electron chi connectivity index (χ4n) is 3.82. The monoisotopic (exact) mass is 557 g/mol. The number of H-pyrrole nitrogens is 1. The zero-order chi connectivity index (χ0) is 28.3. The van der Waals surface area contributed by atoms with Gasteiger partial charge < -0.3 is 16.1 Å². The van der Waals surface area contributed by atoms with Crippen LogP contribution in [0.15, 0.2) is 54.0 Å². The topological polar surface area (TPSA) is 184 Å². The molecular formula is C24H25F2N9O3S. The second-order valence-corrected chi connectivity index (χ2v) is 10.2. The lowest BCUT2D eigenvalue weighted by Gasteiger charge is -2.18. The second-order valence-electron chi connectivity index (χ2n) is 8.40. The minimum Gasteiger partial charge on any atom is -0.345 e. The lowest BCUT2D eigenvalue weighted by Crippen LogP contribution is -2.36. The van der Waals surface area contributed by atoms with Crippen LogP contribution in [0.2, 0.25) is 0 Å². The van der Waals surface area contributed by atoms with Crippen molar-refractivity contribution in [3.63, 3.8) is 0 Å². The van der Waals surface area contributed by atoms with Gasteiger partial charge in [-0.15, -0.1) is 0 Å². The van der Waals surface area contributed by atoms with E-state index in [1.54, 1.807) is 38.1 Å². The first-order valence-corrected chi connectivity index (χ1v) is 13.2. The van der Waals surface area contributed by atoms with E-state index in [1.165, 1.54) is 17.5 Å². The lowest BCUT2D eigenvalue weighted by molar-refractivity contribution is 0.103. The number of hydrazine groups is 1. The number of rotatable bonds is 9. The summed E-state index contributed by atoms with van der Waals surface area (Å²) in [6, 6.07) is 8.54. The molecule has 0 spiro atoms. The molecule has 0 saturated carbocycles. The summed E-state index contributed by atoms with van der Waals surface area (Å²) in [4.78, 5) is 24.6. The third kappa shape index (κ3) is 5.63. The molecule has 12 nitrogen and oxygen atoms in total. The van der Waals surface area contributed by atoms with Crippen molar-refractivity contribution in [2.75, 3.05) is 20.8 Å². The molecule has 0 fully saturated rings. The predicted octanol–water partition coefficient (Wildman–Crippen LogP) is 3.33. The van der Waals surface area contributed by atoms with E-state index in [0.29, 0.717) is 17.2 Å². The Morgan fingerprint density at radius 3 is 2.69 bits per heavy atom. The van der Waals surface area contributed by atoms with Gasteiger partial charge in [0.15, 0.2) is 5.82 Å². The number of nitrogens with zero attached hydrogens (tertiary/aromatic N) is 4. The number of fused-ring (bicyclic) bond motifs is 1. The fourth-order valence-corrected chi connectivity index (χ4v) is 4.95. The molecule has 0 amide bonds. The number of hydrogen-bond donors (Lipinski definition) is 5. The van der Waals surface area contributed by atoms with E-state index in [1.807, 2.05) is 0 Å². The number of amidine groups is 1. The third-order valence-corrected chi connectivity index (χ3v) is 7.17. The van der Waals surface area contributed by atoms with Crippen molar-refractivity contribution in [2.45, 2.75) is 20.3 Å². The highest BCUT2D eigenvalue weighted by molar-refractivity contribution is 7.92. The van der Waals surface area contributed by atoms with Crippen LogP contribution in [-0.4, -0.2) is 40.7 Å². The Bertz CT molecular complexity index is 1690. The Labute approximate surface area is 222 Å². The number of carbonyl (C=O) groups excluding carboxylic acids is 1. The molecule has 15 heteroatoms. The van der Waals surface area contributed by atoms with E-state index in [4.69, 9.17) is 11.7 Å². The van der Waals surface area contributed by atoms with Crippen molar-refractivity contribution < 1.29 is 22.0 Å². The van der Waals surface area contributed by atoms with Gasteiger partial charge in [-0.2, -0.15) is 5.10 Å². The molecule has 0 radical (unpaired) electrons. The number of anilines is 4. The Morgan fingerprint density at radius 1 is 1.21 bits per heavy atom. The predicted molar refractivity (Wildman–Crippen MR) is 145 cm³/mol. The van der Waals surface area contributed by atoms with Crippen LogP contribution in [0.1, 0.15) is 36.2 Å². The molecule has 2 heterocycles. The maximum Gasteiger partial charge on any atom is 0.232 e. The highest BCUT2D eigenvalue weighted by atomic mass is 32.2. The molecule has 0 atom stereocenters. The van der Waals surface area contributed by atoms with Gasteiger partial charge in [0.25, 0.3) is 0 Å². The Morgan fingerprint density at radius 2 is 1.97 bits per heavy atom. The van der Waals surface area contributed by atoms with Gasteiger partial charge in [-0.3, -0.25) is 14.5 Å². The maximum atomic E-state index is 15.3. The molecule has 0 saturated heterocycles. The molecule has 2 aromatic carbocycles. The van der Waals surface area contributed by atoms with Crippen LogP contribution in [0.25, 0.3) is 11.0 Å². The zero-order valence-electron chi connectivity index (χ0n) is 20.9. The molecule has 204 valence electrons. The Balaban J connectivity index is 1.75. The number of ketones is 1. The number of aromatic nitrogens is 3. The smallest absolute Gasteiger partial charge is 0.232 e. The quantitative estimate of drug-likeness (QED) is 0.0677. The summed E-state index contributed by atoms with van der Waals surface area (Å²) >= 11 is 0. The molecule has 0 bridgehead atoms. The van der Waals surface area contributed by atoms with Crippen LogP contribution in [0.4, 0.5) is 31.7 Å². The maximum absolute atomic E-state index is 15.3. The van der Waals surface area contributed by atoms with Gasteiger partial charge in [0.2, 0.25) is 15.8 Å². The van der Waals surface area contributed by atoms with E-state index in [2.05, 4.69) is 30.1 Å². The van der Waals surface area contributed by atoms with E-state index in [9.17, 15) is 17.6 Å². The van der Waals surface area contributed by atoms with E-state index < -0.39 is 38.7 Å². The Kier molecular flexibility index (Phi) is 7.73. The van der Waals surface area contributed by atoms with E-state index in [-0.39, 0.29) is 34.6 Å². The van der Waals surface area contributed by atoms with Crippen LogP contribution in [-0.2, 0) is 10.0 Å². The normalized spacial score (nSPS) is 12.0. The number of nitrogens with two attached hydrogens (primary N) is 2. The van der Waals surface area contributed by atoms with E-state index in [0.717, 1.165) is 12.1 Å². The van der Waals surface area contributed by atoms with Crippen molar-refractivity contribution in [1.29, 1.82) is 0 Å². The zero-order valence-corrected chi connectivity index (χ0v) is 21.7. The highest BCUT2D eigenvalue weighted by Gasteiger charge is 2.27. The minimum atomic E-state index is -3.90. The molecule has 0 unspecified atom stereocenters. The SMILES string of the molecule is CCCS(=O)(=O)Nc1ccc(F)c(C(=O)c2c[nH]c3ncnc(Nc4cccc(N(N)/C(C)=N\N)c4)c23)c1F. The molecule has 2 aromatic heterocycles. The van der Waals surface area contributed by atoms with Crippen LogP contribution >= 0.6 is 0 Å². The number of nitrogens with one attached hydrogen (secondary N) is 3. The molecule has 0 aliphatic rings. The fraction of sp³-hybridized carbons (Fsp3) is 0.167. The second kappa shape index (κ2) is 11.0. The van der Waals surface area contributed by atoms with Crippen LogP contribution in [0, 0.1) is 11.6 Å². The van der Waals surface area contributed by atoms with Crippen LogP contribution in [0.3, 0.4) is 0 Å². The van der Waals surface area contributed by atoms with Crippen molar-refractivity contribution in [3.8, 4) is 0 Å². The molecule has 0 aliphatic heterocycles. The van der Waals surface area contributed by atoms with Crippen molar-refractivity contribution >= 4 is 55.6 Å². The van der Waals surface area contributed by atoms with Gasteiger partial charge in [-0.1, -0.05) is 13.0 Å². The summed E-state index contributed by atoms with van der Waals surface area (Å²) in [5.74, 6) is 8.01. The number of benzene rings is 2. The lowest BCUT2D eigenvalue weighted by atomic mass is 10.0. The van der Waals surface area contributed by atoms with Crippen molar-refractivity contribution in [3.05, 3.63) is 71.7 Å². The summed E-state index contributed by atoms with van der Waals surface area (Å²) in [5, 5.41) is 8.04. The van der Waals surface area contributed by atoms with Crippen molar-refractivity contribution in [2.24, 2.45) is 16.8 Å².